The minimum absolute atomic E-state index is 0.133. The van der Waals surface area contributed by atoms with Crippen molar-refractivity contribution < 1.29 is 14.3 Å². The fraction of sp³-hybridized carbons (Fsp3) is 0.370. The summed E-state index contributed by atoms with van der Waals surface area (Å²) < 4.78 is 12.1. The van der Waals surface area contributed by atoms with Gasteiger partial charge < -0.3 is 14.4 Å². The summed E-state index contributed by atoms with van der Waals surface area (Å²) in [5.41, 5.74) is 2.59. The largest absolute Gasteiger partial charge is 0.493 e. The van der Waals surface area contributed by atoms with E-state index in [-0.39, 0.29) is 11.5 Å². The van der Waals surface area contributed by atoms with Crippen molar-refractivity contribution in [3.63, 3.8) is 0 Å². The number of methoxy groups -OCH3 is 2. The zero-order valence-electron chi connectivity index (χ0n) is 20.4. The van der Waals surface area contributed by atoms with Crippen LogP contribution in [0, 0.1) is 0 Å². The second-order valence-electron chi connectivity index (χ2n) is 8.60. The molecular formula is C27H32N4O4. The van der Waals surface area contributed by atoms with Crippen LogP contribution in [0.1, 0.15) is 18.4 Å². The predicted molar refractivity (Wildman–Crippen MR) is 135 cm³/mol. The van der Waals surface area contributed by atoms with Crippen molar-refractivity contribution in [3.05, 3.63) is 76.6 Å². The zero-order valence-corrected chi connectivity index (χ0v) is 20.4. The first-order valence-corrected chi connectivity index (χ1v) is 11.9. The lowest BCUT2D eigenvalue weighted by atomic mass is 10.1. The fourth-order valence-corrected chi connectivity index (χ4v) is 4.29. The third-order valence-corrected chi connectivity index (χ3v) is 6.28. The molecule has 0 bridgehead atoms. The van der Waals surface area contributed by atoms with Gasteiger partial charge in [-0.2, -0.15) is 5.10 Å². The number of piperazine rings is 1. The van der Waals surface area contributed by atoms with Gasteiger partial charge in [-0.15, -0.1) is 0 Å². The van der Waals surface area contributed by atoms with Gasteiger partial charge in [-0.3, -0.25) is 14.5 Å². The molecule has 2 aromatic carbocycles. The van der Waals surface area contributed by atoms with Crippen LogP contribution in [0.4, 0.5) is 0 Å². The number of carbonyl (C=O) groups excluding carboxylic acids is 1. The van der Waals surface area contributed by atoms with Gasteiger partial charge in [0.05, 0.1) is 19.9 Å². The van der Waals surface area contributed by atoms with E-state index in [0.717, 1.165) is 38.3 Å². The fourth-order valence-electron chi connectivity index (χ4n) is 4.29. The predicted octanol–water partition coefficient (Wildman–Crippen LogP) is 3.05. The average molecular weight is 477 g/mol. The molecule has 1 saturated heterocycles. The summed E-state index contributed by atoms with van der Waals surface area (Å²) in [5.74, 6) is 1.36. The summed E-state index contributed by atoms with van der Waals surface area (Å²) in [6.07, 6.45) is 0.957. The second-order valence-corrected chi connectivity index (χ2v) is 8.60. The number of ether oxygens (including phenoxy) is 2. The highest BCUT2D eigenvalue weighted by molar-refractivity contribution is 5.76. The number of rotatable bonds is 9. The van der Waals surface area contributed by atoms with E-state index in [4.69, 9.17) is 9.47 Å². The van der Waals surface area contributed by atoms with Crippen LogP contribution < -0.4 is 15.0 Å². The first kappa shape index (κ1) is 24.5. The van der Waals surface area contributed by atoms with Crippen molar-refractivity contribution in [1.82, 2.24) is 19.6 Å². The van der Waals surface area contributed by atoms with E-state index in [1.54, 1.807) is 20.3 Å². The molecule has 0 radical (unpaired) electrons. The Morgan fingerprint density at radius 2 is 1.66 bits per heavy atom. The van der Waals surface area contributed by atoms with E-state index in [0.29, 0.717) is 36.6 Å². The Kier molecular flexibility index (Phi) is 8.15. The third kappa shape index (κ3) is 6.27. The number of amides is 1. The van der Waals surface area contributed by atoms with Crippen molar-refractivity contribution in [2.24, 2.45) is 0 Å². The molecule has 8 heteroatoms. The molecule has 0 spiro atoms. The molecule has 0 N–H and O–H groups in total. The Morgan fingerprint density at radius 1 is 0.914 bits per heavy atom. The first-order valence-electron chi connectivity index (χ1n) is 11.9. The summed E-state index contributed by atoms with van der Waals surface area (Å²) >= 11 is 0. The highest BCUT2D eigenvalue weighted by Crippen LogP contribution is 2.31. The number of hydrogen-bond acceptors (Lipinski definition) is 6. The Hall–Kier alpha value is -3.65. The Bertz CT molecular complexity index is 1190. The molecule has 1 aliphatic rings. The minimum atomic E-state index is -0.184. The lowest BCUT2D eigenvalue weighted by molar-refractivity contribution is -0.133. The number of benzene rings is 2. The Morgan fingerprint density at radius 3 is 2.37 bits per heavy atom. The molecule has 4 rings (SSSR count). The third-order valence-electron chi connectivity index (χ3n) is 6.28. The SMILES string of the molecule is COc1ccc(-c2ccc(=O)n(CCCC(=O)N3CCN(Cc4ccccc4)CC3)n2)cc1OC. The Balaban J connectivity index is 1.29. The van der Waals surface area contributed by atoms with Crippen LogP contribution in [-0.2, 0) is 17.9 Å². The van der Waals surface area contributed by atoms with E-state index in [1.807, 2.05) is 29.2 Å². The number of aromatic nitrogens is 2. The van der Waals surface area contributed by atoms with Gasteiger partial charge in [-0.1, -0.05) is 30.3 Å². The summed E-state index contributed by atoms with van der Waals surface area (Å²) in [6, 6.07) is 19.1. The molecule has 35 heavy (non-hydrogen) atoms. The average Bonchev–Trinajstić information content (AvgIpc) is 2.90. The summed E-state index contributed by atoms with van der Waals surface area (Å²) in [7, 11) is 3.16. The van der Waals surface area contributed by atoms with Crippen LogP contribution in [0.2, 0.25) is 0 Å². The molecule has 1 amide bonds. The normalized spacial score (nSPS) is 14.1. The van der Waals surface area contributed by atoms with Gasteiger partial charge in [0.15, 0.2) is 11.5 Å². The lowest BCUT2D eigenvalue weighted by Crippen LogP contribution is -2.48. The molecule has 0 unspecified atom stereocenters. The molecule has 0 saturated carbocycles. The van der Waals surface area contributed by atoms with Crippen molar-refractivity contribution >= 4 is 5.91 Å². The molecule has 3 aromatic rings. The van der Waals surface area contributed by atoms with Crippen LogP contribution in [0.3, 0.4) is 0 Å². The number of aryl methyl sites for hydroxylation is 1. The number of carbonyl (C=O) groups is 1. The summed E-state index contributed by atoms with van der Waals surface area (Å²) in [4.78, 5) is 29.4. The highest BCUT2D eigenvalue weighted by Gasteiger charge is 2.21. The van der Waals surface area contributed by atoms with E-state index < -0.39 is 0 Å². The molecule has 1 fully saturated rings. The lowest BCUT2D eigenvalue weighted by Gasteiger charge is -2.34. The maximum Gasteiger partial charge on any atom is 0.266 e. The van der Waals surface area contributed by atoms with Gasteiger partial charge >= 0.3 is 0 Å². The minimum Gasteiger partial charge on any atom is -0.493 e. The van der Waals surface area contributed by atoms with Crippen LogP contribution in [0.25, 0.3) is 11.3 Å². The van der Waals surface area contributed by atoms with E-state index in [1.165, 1.54) is 16.3 Å². The monoisotopic (exact) mass is 476 g/mol. The van der Waals surface area contributed by atoms with Gasteiger partial charge in [0.2, 0.25) is 5.91 Å². The van der Waals surface area contributed by atoms with Gasteiger partial charge in [-0.25, -0.2) is 4.68 Å². The number of hydrogen-bond donors (Lipinski definition) is 0. The highest BCUT2D eigenvalue weighted by atomic mass is 16.5. The zero-order chi connectivity index (χ0) is 24.6. The summed E-state index contributed by atoms with van der Waals surface area (Å²) in [6.45, 7) is 4.51. The maximum atomic E-state index is 12.7. The molecule has 184 valence electrons. The van der Waals surface area contributed by atoms with Crippen LogP contribution in [0.15, 0.2) is 65.5 Å². The maximum absolute atomic E-state index is 12.7. The topological polar surface area (TPSA) is 76.9 Å². The molecule has 2 heterocycles. The molecule has 1 aliphatic heterocycles. The van der Waals surface area contributed by atoms with E-state index >= 15 is 0 Å². The van der Waals surface area contributed by atoms with Crippen molar-refractivity contribution in [3.8, 4) is 22.8 Å². The van der Waals surface area contributed by atoms with Crippen molar-refractivity contribution in [1.29, 1.82) is 0 Å². The van der Waals surface area contributed by atoms with E-state index in [9.17, 15) is 9.59 Å². The van der Waals surface area contributed by atoms with Crippen LogP contribution in [-0.4, -0.2) is 65.9 Å². The molecule has 1 aromatic heterocycles. The summed E-state index contributed by atoms with van der Waals surface area (Å²) in [5, 5.41) is 4.51. The van der Waals surface area contributed by atoms with Gasteiger partial charge in [0, 0.05) is 57.3 Å². The Labute approximate surface area is 205 Å². The smallest absolute Gasteiger partial charge is 0.266 e. The van der Waals surface area contributed by atoms with Crippen molar-refractivity contribution in [2.75, 3.05) is 40.4 Å². The quantitative estimate of drug-likeness (QED) is 0.473. The van der Waals surface area contributed by atoms with Crippen LogP contribution in [0.5, 0.6) is 11.5 Å². The first-order chi connectivity index (χ1) is 17.1. The molecular weight excluding hydrogens is 444 g/mol. The number of nitrogens with zero attached hydrogens (tertiary/aromatic N) is 4. The molecule has 0 aliphatic carbocycles. The van der Waals surface area contributed by atoms with Gasteiger partial charge in [-0.05, 0) is 36.2 Å². The standard InChI is InChI=1S/C27H32N4O4/c1-34-24-12-10-22(19-25(24)35-2)23-11-13-27(33)31(28-23)14-6-9-26(32)30-17-15-29(16-18-30)20-21-7-4-3-5-8-21/h3-5,7-8,10-13,19H,6,9,14-18,20H2,1-2H3. The van der Waals surface area contributed by atoms with Gasteiger partial charge in [0.1, 0.15) is 0 Å². The van der Waals surface area contributed by atoms with Crippen molar-refractivity contribution in [2.45, 2.75) is 25.9 Å². The van der Waals surface area contributed by atoms with E-state index in [2.05, 4.69) is 34.3 Å². The van der Waals surface area contributed by atoms with Gasteiger partial charge in [0.25, 0.3) is 5.56 Å². The second kappa shape index (κ2) is 11.7. The molecule has 8 nitrogen and oxygen atoms in total. The van der Waals surface area contributed by atoms with Crippen LogP contribution >= 0.6 is 0 Å². The molecule has 0 atom stereocenters.